The first-order chi connectivity index (χ1) is 11.5. The van der Waals surface area contributed by atoms with E-state index in [1.807, 2.05) is 0 Å². The molecule has 0 spiro atoms. The number of amides is 1. The van der Waals surface area contributed by atoms with E-state index in [9.17, 15) is 9.59 Å². The summed E-state index contributed by atoms with van der Waals surface area (Å²) in [5, 5.41) is 3.08. The van der Waals surface area contributed by atoms with Gasteiger partial charge in [-0.1, -0.05) is 0 Å². The molecule has 0 atom stereocenters. The lowest BCUT2D eigenvalue weighted by atomic mass is 10.2. The second-order valence-electron chi connectivity index (χ2n) is 5.08. The van der Waals surface area contributed by atoms with Gasteiger partial charge in [0.1, 0.15) is 5.76 Å². The number of methoxy groups -OCH3 is 1. The minimum absolute atomic E-state index is 0.0905. The highest BCUT2D eigenvalue weighted by Crippen LogP contribution is 2.19. The maximum absolute atomic E-state index is 12.3. The van der Waals surface area contributed by atoms with Crippen LogP contribution in [0.1, 0.15) is 26.7 Å². The van der Waals surface area contributed by atoms with Gasteiger partial charge in [0.05, 0.1) is 24.7 Å². The Morgan fingerprint density at radius 2 is 2.12 bits per heavy atom. The van der Waals surface area contributed by atoms with Crippen molar-refractivity contribution in [1.29, 1.82) is 0 Å². The fraction of sp³-hybridized carbons (Fsp3) is 0.188. The van der Waals surface area contributed by atoms with E-state index in [0.717, 1.165) is 5.52 Å². The molecule has 1 aromatic carbocycles. The van der Waals surface area contributed by atoms with Crippen molar-refractivity contribution in [3.05, 3.63) is 52.7 Å². The van der Waals surface area contributed by atoms with E-state index in [1.165, 1.54) is 13.2 Å². The third-order valence-electron chi connectivity index (χ3n) is 3.56. The third kappa shape index (κ3) is 2.98. The highest BCUT2D eigenvalue weighted by Gasteiger charge is 2.13. The average Bonchev–Trinajstić information content (AvgIpc) is 3.17. The zero-order valence-corrected chi connectivity index (χ0v) is 13.8. The van der Waals surface area contributed by atoms with E-state index >= 15 is 0 Å². The number of carbonyl (C=O) groups excluding carboxylic acids is 2. The van der Waals surface area contributed by atoms with E-state index < -0.39 is 5.97 Å². The number of hydrogen-bond acceptors (Lipinski definition) is 5. The van der Waals surface area contributed by atoms with Gasteiger partial charge in [0.2, 0.25) is 11.0 Å². The van der Waals surface area contributed by atoms with Crippen molar-refractivity contribution >= 4 is 34.5 Å². The summed E-state index contributed by atoms with van der Waals surface area (Å²) in [4.78, 5) is 27.8. The van der Waals surface area contributed by atoms with Crippen LogP contribution in [-0.2, 0) is 18.3 Å². The Bertz CT molecular complexity index is 929. The standard InChI is InChI=1S/C16H14ClN3O4/c1-20-12-7-9(3-5-11(12)19-16(20)17)14(21)18-8-10-4-6-13(24-10)15(22)23-2/h3-7H,8H2,1-2H3,(H,18,21). The summed E-state index contributed by atoms with van der Waals surface area (Å²) in [5.74, 6) is -0.294. The molecule has 0 saturated carbocycles. The fourth-order valence-electron chi connectivity index (χ4n) is 2.25. The quantitative estimate of drug-likeness (QED) is 0.733. The molecule has 0 bridgehead atoms. The van der Waals surface area contributed by atoms with E-state index in [1.54, 1.807) is 35.9 Å². The largest absolute Gasteiger partial charge is 0.463 e. The van der Waals surface area contributed by atoms with Crippen molar-refractivity contribution in [3.8, 4) is 0 Å². The zero-order valence-electron chi connectivity index (χ0n) is 13.0. The van der Waals surface area contributed by atoms with Crippen LogP contribution in [0, 0.1) is 0 Å². The minimum atomic E-state index is -0.564. The van der Waals surface area contributed by atoms with Gasteiger partial charge < -0.3 is 19.0 Å². The Balaban J connectivity index is 1.72. The number of carbonyl (C=O) groups is 2. The van der Waals surface area contributed by atoms with Crippen LogP contribution in [0.4, 0.5) is 0 Å². The fourth-order valence-corrected chi connectivity index (χ4v) is 2.44. The Labute approximate surface area is 142 Å². The first kappa shape index (κ1) is 16.1. The SMILES string of the molecule is COC(=O)c1ccc(CNC(=O)c2ccc3nc(Cl)n(C)c3c2)o1. The van der Waals surface area contributed by atoms with Crippen LogP contribution >= 0.6 is 11.6 Å². The van der Waals surface area contributed by atoms with Gasteiger partial charge in [-0.15, -0.1) is 0 Å². The number of aryl methyl sites for hydroxylation is 1. The molecule has 1 amide bonds. The van der Waals surface area contributed by atoms with Crippen LogP contribution in [0.3, 0.4) is 0 Å². The van der Waals surface area contributed by atoms with Gasteiger partial charge in [0.25, 0.3) is 5.91 Å². The Morgan fingerprint density at radius 3 is 2.88 bits per heavy atom. The number of nitrogens with one attached hydrogen (secondary N) is 1. The first-order valence-corrected chi connectivity index (χ1v) is 7.44. The first-order valence-electron chi connectivity index (χ1n) is 7.07. The van der Waals surface area contributed by atoms with Gasteiger partial charge in [-0.3, -0.25) is 4.79 Å². The predicted octanol–water partition coefficient (Wildman–Crippen LogP) is 2.54. The molecule has 2 heterocycles. The molecule has 8 heteroatoms. The van der Waals surface area contributed by atoms with Crippen molar-refractivity contribution in [1.82, 2.24) is 14.9 Å². The molecule has 0 aliphatic heterocycles. The van der Waals surface area contributed by atoms with Crippen LogP contribution in [0.25, 0.3) is 11.0 Å². The topological polar surface area (TPSA) is 86.4 Å². The molecule has 7 nitrogen and oxygen atoms in total. The molecule has 0 radical (unpaired) electrons. The highest BCUT2D eigenvalue weighted by atomic mass is 35.5. The smallest absolute Gasteiger partial charge is 0.373 e. The third-order valence-corrected chi connectivity index (χ3v) is 3.90. The molecule has 24 heavy (non-hydrogen) atoms. The second-order valence-corrected chi connectivity index (χ2v) is 5.42. The molecule has 0 unspecified atom stereocenters. The summed E-state index contributed by atoms with van der Waals surface area (Å²) in [6, 6.07) is 8.22. The maximum atomic E-state index is 12.3. The molecular weight excluding hydrogens is 334 g/mol. The van der Waals surface area contributed by atoms with Gasteiger partial charge in [0, 0.05) is 12.6 Å². The molecule has 0 aliphatic carbocycles. The Hall–Kier alpha value is -2.80. The van der Waals surface area contributed by atoms with Crippen molar-refractivity contribution in [2.75, 3.05) is 7.11 Å². The molecule has 1 N–H and O–H groups in total. The highest BCUT2D eigenvalue weighted by molar-refractivity contribution is 6.29. The lowest BCUT2D eigenvalue weighted by molar-refractivity contribution is 0.0563. The number of aromatic nitrogens is 2. The molecule has 124 valence electrons. The van der Waals surface area contributed by atoms with Crippen molar-refractivity contribution in [2.45, 2.75) is 6.54 Å². The van der Waals surface area contributed by atoms with Crippen LogP contribution in [0.5, 0.6) is 0 Å². The van der Waals surface area contributed by atoms with Gasteiger partial charge in [-0.05, 0) is 41.9 Å². The number of esters is 1. The van der Waals surface area contributed by atoms with Crippen molar-refractivity contribution < 1.29 is 18.7 Å². The van der Waals surface area contributed by atoms with Crippen LogP contribution in [-0.4, -0.2) is 28.5 Å². The number of fused-ring (bicyclic) bond motifs is 1. The van der Waals surface area contributed by atoms with Gasteiger partial charge in [-0.2, -0.15) is 0 Å². The number of ether oxygens (including phenoxy) is 1. The van der Waals surface area contributed by atoms with E-state index in [4.69, 9.17) is 16.0 Å². The number of imidazole rings is 1. The van der Waals surface area contributed by atoms with Gasteiger partial charge in [-0.25, -0.2) is 9.78 Å². The molecule has 3 rings (SSSR count). The number of furan rings is 1. The summed E-state index contributed by atoms with van der Waals surface area (Å²) in [7, 11) is 3.05. The molecule has 0 saturated heterocycles. The van der Waals surface area contributed by atoms with Crippen molar-refractivity contribution in [3.63, 3.8) is 0 Å². The predicted molar refractivity (Wildman–Crippen MR) is 86.9 cm³/mol. The summed E-state index contributed by atoms with van der Waals surface area (Å²) < 4.78 is 11.6. The number of nitrogens with zero attached hydrogens (tertiary/aromatic N) is 2. The zero-order chi connectivity index (χ0) is 17.3. The monoisotopic (exact) mass is 347 g/mol. The molecule has 0 aliphatic rings. The van der Waals surface area contributed by atoms with Crippen LogP contribution in [0.2, 0.25) is 5.28 Å². The van der Waals surface area contributed by atoms with Crippen LogP contribution in [0.15, 0.2) is 34.7 Å². The minimum Gasteiger partial charge on any atom is -0.463 e. The summed E-state index contributed by atoms with van der Waals surface area (Å²) in [5.41, 5.74) is 1.95. The molecule has 3 aromatic rings. The lowest BCUT2D eigenvalue weighted by Gasteiger charge is -2.04. The van der Waals surface area contributed by atoms with Gasteiger partial charge in [0.15, 0.2) is 0 Å². The van der Waals surface area contributed by atoms with Crippen LogP contribution < -0.4 is 5.32 Å². The summed E-state index contributed by atoms with van der Waals surface area (Å²) >= 11 is 5.97. The van der Waals surface area contributed by atoms with Crippen molar-refractivity contribution in [2.24, 2.45) is 7.05 Å². The number of benzene rings is 1. The van der Waals surface area contributed by atoms with E-state index in [0.29, 0.717) is 22.1 Å². The summed E-state index contributed by atoms with van der Waals surface area (Å²) in [6.45, 7) is 0.153. The van der Waals surface area contributed by atoms with E-state index in [-0.39, 0.29) is 18.2 Å². The molecule has 0 fully saturated rings. The molecule has 2 aromatic heterocycles. The maximum Gasteiger partial charge on any atom is 0.373 e. The second kappa shape index (κ2) is 6.37. The van der Waals surface area contributed by atoms with Gasteiger partial charge >= 0.3 is 5.97 Å². The Morgan fingerprint density at radius 1 is 1.33 bits per heavy atom. The lowest BCUT2D eigenvalue weighted by Crippen LogP contribution is -2.22. The van der Waals surface area contributed by atoms with E-state index in [2.05, 4.69) is 15.0 Å². The normalized spacial score (nSPS) is 10.8. The summed E-state index contributed by atoms with van der Waals surface area (Å²) in [6.07, 6.45) is 0. The number of halogens is 1. The number of hydrogen-bond donors (Lipinski definition) is 1. The Kier molecular flexibility index (Phi) is 4.26. The number of rotatable bonds is 4. The molecular formula is C16H14ClN3O4. The average molecular weight is 348 g/mol.